The van der Waals surface area contributed by atoms with Crippen molar-refractivity contribution in [3.63, 3.8) is 0 Å². The predicted molar refractivity (Wildman–Crippen MR) is 83.6 cm³/mol. The maximum absolute atomic E-state index is 5.92. The molecule has 1 aromatic carbocycles. The quantitative estimate of drug-likeness (QED) is 0.841. The third-order valence-electron chi connectivity index (χ3n) is 2.94. The fraction of sp³-hybridized carbons (Fsp3) is 0.375. The Morgan fingerprint density at radius 3 is 2.75 bits per heavy atom. The number of benzene rings is 1. The van der Waals surface area contributed by atoms with Gasteiger partial charge in [-0.3, -0.25) is 0 Å². The maximum atomic E-state index is 5.92. The van der Waals surface area contributed by atoms with Gasteiger partial charge in [0.15, 0.2) is 0 Å². The molecule has 0 atom stereocenters. The molecule has 0 fully saturated rings. The first-order valence-electron chi connectivity index (χ1n) is 6.73. The first kappa shape index (κ1) is 14.9. The number of rotatable bonds is 7. The van der Waals surface area contributed by atoms with Gasteiger partial charge in [0.1, 0.15) is 18.1 Å². The van der Waals surface area contributed by atoms with Gasteiger partial charge in [-0.15, -0.1) is 0 Å². The first-order valence-corrected chi connectivity index (χ1v) is 7.67. The van der Waals surface area contributed by atoms with Crippen molar-refractivity contribution in [3.05, 3.63) is 46.2 Å². The minimum atomic E-state index is 0.436. The molecule has 0 saturated heterocycles. The summed E-state index contributed by atoms with van der Waals surface area (Å²) in [5.41, 5.74) is 2.32. The molecule has 2 aromatic rings. The molecule has 0 radical (unpaired) electrons. The summed E-state index contributed by atoms with van der Waals surface area (Å²) in [6, 6.07) is 8.45. The maximum Gasteiger partial charge on any atom is 0.124 e. The van der Waals surface area contributed by atoms with Crippen LogP contribution in [0, 0.1) is 0 Å². The summed E-state index contributed by atoms with van der Waals surface area (Å²) in [5.74, 6) is 1.76. The van der Waals surface area contributed by atoms with Crippen LogP contribution in [0.3, 0.4) is 0 Å². The third kappa shape index (κ3) is 4.25. The summed E-state index contributed by atoms with van der Waals surface area (Å²) in [6.07, 6.45) is 0. The molecule has 0 unspecified atom stereocenters. The molecule has 0 aliphatic heterocycles. The fourth-order valence-electron chi connectivity index (χ4n) is 1.81. The highest BCUT2D eigenvalue weighted by Crippen LogP contribution is 2.25. The van der Waals surface area contributed by atoms with Crippen molar-refractivity contribution >= 4 is 11.3 Å². The number of hydrogen-bond acceptors (Lipinski definition) is 4. The van der Waals surface area contributed by atoms with Crippen LogP contribution >= 0.6 is 11.3 Å². The Labute approximate surface area is 124 Å². The van der Waals surface area contributed by atoms with Gasteiger partial charge in [0.25, 0.3) is 0 Å². The van der Waals surface area contributed by atoms with Crippen molar-refractivity contribution in [2.24, 2.45) is 0 Å². The molecule has 1 aromatic heterocycles. The van der Waals surface area contributed by atoms with E-state index in [9.17, 15) is 0 Å². The largest absolute Gasteiger partial charge is 0.497 e. The van der Waals surface area contributed by atoms with Crippen molar-refractivity contribution < 1.29 is 9.47 Å². The summed E-state index contributed by atoms with van der Waals surface area (Å²) in [5, 5.41) is 7.58. The van der Waals surface area contributed by atoms with Crippen LogP contribution in [0.15, 0.2) is 35.0 Å². The molecule has 0 saturated carbocycles. The molecule has 0 bridgehead atoms. The monoisotopic (exact) mass is 291 g/mol. The van der Waals surface area contributed by atoms with E-state index in [0.29, 0.717) is 12.6 Å². The standard InChI is InChI=1S/C16H21NO2S/c1-12(2)17-9-14-8-15(18-3)4-5-16(14)19-10-13-6-7-20-11-13/h4-8,11-12,17H,9-10H2,1-3H3. The van der Waals surface area contributed by atoms with Crippen LogP contribution in [-0.4, -0.2) is 13.2 Å². The van der Waals surface area contributed by atoms with E-state index in [1.54, 1.807) is 18.4 Å². The summed E-state index contributed by atoms with van der Waals surface area (Å²) in [6.45, 7) is 5.64. The second kappa shape index (κ2) is 7.31. The number of thiophene rings is 1. The van der Waals surface area contributed by atoms with Crippen LogP contribution in [0.1, 0.15) is 25.0 Å². The van der Waals surface area contributed by atoms with Crippen LogP contribution in [0.4, 0.5) is 0 Å². The van der Waals surface area contributed by atoms with Gasteiger partial charge in [-0.25, -0.2) is 0 Å². The normalized spacial score (nSPS) is 10.8. The molecule has 0 spiro atoms. The zero-order valence-corrected chi connectivity index (χ0v) is 13.0. The molecule has 4 heteroatoms. The van der Waals surface area contributed by atoms with Crippen LogP contribution < -0.4 is 14.8 Å². The van der Waals surface area contributed by atoms with E-state index in [1.165, 1.54) is 5.56 Å². The lowest BCUT2D eigenvalue weighted by Crippen LogP contribution is -2.22. The minimum Gasteiger partial charge on any atom is -0.497 e. The van der Waals surface area contributed by atoms with Gasteiger partial charge in [0.05, 0.1) is 7.11 Å². The number of hydrogen-bond donors (Lipinski definition) is 1. The fourth-order valence-corrected chi connectivity index (χ4v) is 2.47. The average molecular weight is 291 g/mol. The highest BCUT2D eigenvalue weighted by atomic mass is 32.1. The lowest BCUT2D eigenvalue weighted by molar-refractivity contribution is 0.301. The predicted octanol–water partition coefficient (Wildman–Crippen LogP) is 3.83. The van der Waals surface area contributed by atoms with Gasteiger partial charge in [-0.05, 0) is 40.6 Å². The Hall–Kier alpha value is -1.52. The Morgan fingerprint density at radius 1 is 1.25 bits per heavy atom. The number of methoxy groups -OCH3 is 1. The summed E-state index contributed by atoms with van der Waals surface area (Å²) in [7, 11) is 1.68. The third-order valence-corrected chi connectivity index (χ3v) is 3.67. The van der Waals surface area contributed by atoms with E-state index in [2.05, 4.69) is 36.0 Å². The van der Waals surface area contributed by atoms with Crippen LogP contribution in [0.2, 0.25) is 0 Å². The Balaban J connectivity index is 2.08. The van der Waals surface area contributed by atoms with Crippen LogP contribution in [-0.2, 0) is 13.2 Å². The highest BCUT2D eigenvalue weighted by Gasteiger charge is 2.07. The van der Waals surface area contributed by atoms with Gasteiger partial charge < -0.3 is 14.8 Å². The molecule has 1 heterocycles. The summed E-state index contributed by atoms with van der Waals surface area (Å²) >= 11 is 1.69. The number of ether oxygens (including phenoxy) is 2. The van der Waals surface area contributed by atoms with Crippen molar-refractivity contribution in [2.45, 2.75) is 33.0 Å². The smallest absolute Gasteiger partial charge is 0.124 e. The van der Waals surface area contributed by atoms with Gasteiger partial charge in [0, 0.05) is 18.2 Å². The molecule has 3 nitrogen and oxygen atoms in total. The van der Waals surface area contributed by atoms with Crippen LogP contribution in [0.25, 0.3) is 0 Å². The zero-order chi connectivity index (χ0) is 14.4. The molecule has 1 N–H and O–H groups in total. The molecule has 0 aliphatic rings. The average Bonchev–Trinajstić information content (AvgIpc) is 2.96. The lowest BCUT2D eigenvalue weighted by Gasteiger charge is -2.14. The highest BCUT2D eigenvalue weighted by molar-refractivity contribution is 7.07. The second-order valence-electron chi connectivity index (χ2n) is 4.93. The minimum absolute atomic E-state index is 0.436. The molecule has 2 rings (SSSR count). The molecule has 108 valence electrons. The second-order valence-corrected chi connectivity index (χ2v) is 5.71. The van der Waals surface area contributed by atoms with Gasteiger partial charge in [-0.1, -0.05) is 13.8 Å². The molecule has 0 aliphatic carbocycles. The Kier molecular flexibility index (Phi) is 5.44. The van der Waals surface area contributed by atoms with Crippen molar-refractivity contribution in [1.82, 2.24) is 5.32 Å². The van der Waals surface area contributed by atoms with E-state index >= 15 is 0 Å². The van der Waals surface area contributed by atoms with E-state index < -0.39 is 0 Å². The van der Waals surface area contributed by atoms with Gasteiger partial charge in [0.2, 0.25) is 0 Å². The summed E-state index contributed by atoms with van der Waals surface area (Å²) < 4.78 is 11.2. The van der Waals surface area contributed by atoms with E-state index in [4.69, 9.17) is 9.47 Å². The van der Waals surface area contributed by atoms with E-state index in [0.717, 1.165) is 23.6 Å². The zero-order valence-electron chi connectivity index (χ0n) is 12.2. The first-order chi connectivity index (χ1) is 9.69. The Morgan fingerprint density at radius 2 is 2.10 bits per heavy atom. The lowest BCUT2D eigenvalue weighted by atomic mass is 10.1. The van der Waals surface area contributed by atoms with E-state index in [-0.39, 0.29) is 0 Å². The van der Waals surface area contributed by atoms with E-state index in [1.807, 2.05) is 18.2 Å². The number of nitrogens with one attached hydrogen (secondary N) is 1. The van der Waals surface area contributed by atoms with Gasteiger partial charge >= 0.3 is 0 Å². The summed E-state index contributed by atoms with van der Waals surface area (Å²) in [4.78, 5) is 0. The van der Waals surface area contributed by atoms with Crippen molar-refractivity contribution in [1.29, 1.82) is 0 Å². The molecule has 0 amide bonds. The molecular formula is C16H21NO2S. The topological polar surface area (TPSA) is 30.5 Å². The molecule has 20 heavy (non-hydrogen) atoms. The molecular weight excluding hydrogens is 270 g/mol. The van der Waals surface area contributed by atoms with Crippen LogP contribution in [0.5, 0.6) is 11.5 Å². The SMILES string of the molecule is COc1ccc(OCc2ccsc2)c(CNC(C)C)c1. The van der Waals surface area contributed by atoms with Gasteiger partial charge in [-0.2, -0.15) is 11.3 Å². The van der Waals surface area contributed by atoms with Crippen molar-refractivity contribution in [2.75, 3.05) is 7.11 Å². The Bertz CT molecular complexity index is 523. The van der Waals surface area contributed by atoms with Crippen molar-refractivity contribution in [3.8, 4) is 11.5 Å².